The number of hydrogen-bond acceptors (Lipinski definition) is 5. The van der Waals surface area contributed by atoms with Crippen molar-refractivity contribution in [3.63, 3.8) is 0 Å². The van der Waals surface area contributed by atoms with Crippen LogP contribution in [0, 0.1) is 17.5 Å². The minimum Gasteiger partial charge on any atom is -0.379 e. The topological polar surface area (TPSA) is 65.5 Å². The molecule has 7 nitrogen and oxygen atoms in total. The van der Waals surface area contributed by atoms with Gasteiger partial charge in [0.25, 0.3) is 11.8 Å². The van der Waals surface area contributed by atoms with Crippen LogP contribution in [0.3, 0.4) is 0 Å². The van der Waals surface area contributed by atoms with Gasteiger partial charge in [-0.2, -0.15) is 5.10 Å². The van der Waals surface area contributed by atoms with E-state index in [4.69, 9.17) is 4.74 Å². The monoisotopic (exact) mass is 550 g/mol. The largest absolute Gasteiger partial charge is 0.379 e. The van der Waals surface area contributed by atoms with E-state index in [2.05, 4.69) is 10.0 Å². The second kappa shape index (κ2) is 12.4. The molecule has 0 radical (unpaired) electrons. The highest BCUT2D eigenvalue weighted by atomic mass is 19.1. The molecule has 3 aromatic carbocycles. The van der Waals surface area contributed by atoms with E-state index in [9.17, 15) is 22.8 Å². The molecule has 0 aliphatic carbocycles. The van der Waals surface area contributed by atoms with Crippen LogP contribution < -0.4 is 0 Å². The van der Waals surface area contributed by atoms with Crippen LogP contribution in [0.25, 0.3) is 0 Å². The average molecular weight is 551 g/mol. The van der Waals surface area contributed by atoms with E-state index in [1.165, 1.54) is 46.3 Å². The predicted octanol–water partition coefficient (Wildman–Crippen LogP) is 4.26. The molecule has 40 heavy (non-hydrogen) atoms. The summed E-state index contributed by atoms with van der Waals surface area (Å²) in [5.41, 5.74) is 1.52. The molecule has 0 spiro atoms. The molecule has 1 atom stereocenters. The Balaban J connectivity index is 1.42. The summed E-state index contributed by atoms with van der Waals surface area (Å²) in [7, 11) is 0. The van der Waals surface area contributed by atoms with Crippen molar-refractivity contribution in [3.8, 4) is 0 Å². The van der Waals surface area contributed by atoms with Crippen molar-refractivity contribution < 1.29 is 27.5 Å². The number of nitrogens with zero attached hydrogens (tertiary/aromatic N) is 4. The van der Waals surface area contributed by atoms with Gasteiger partial charge in [-0.3, -0.25) is 14.5 Å². The SMILES string of the molecule is O=C(c1cccc(F)c1)N(CCN1CCOCC1)CC(=O)N1N=C(c2ccc(F)cc2)C[C@@H]1c1ccccc1F. The van der Waals surface area contributed by atoms with Crippen LogP contribution in [0.5, 0.6) is 0 Å². The van der Waals surface area contributed by atoms with Crippen LogP contribution in [0.15, 0.2) is 77.9 Å². The molecule has 3 aromatic rings. The minimum atomic E-state index is -0.751. The summed E-state index contributed by atoms with van der Waals surface area (Å²) < 4.78 is 47.8. The zero-order valence-corrected chi connectivity index (χ0v) is 21.8. The van der Waals surface area contributed by atoms with Gasteiger partial charge < -0.3 is 9.64 Å². The fraction of sp³-hybridized carbons (Fsp3) is 0.300. The number of ether oxygens (including phenoxy) is 1. The third-order valence-corrected chi connectivity index (χ3v) is 7.08. The molecule has 0 unspecified atom stereocenters. The van der Waals surface area contributed by atoms with Crippen molar-refractivity contribution in [2.75, 3.05) is 45.9 Å². The van der Waals surface area contributed by atoms with Crippen LogP contribution in [0.1, 0.15) is 33.9 Å². The molecule has 208 valence electrons. The zero-order chi connectivity index (χ0) is 28.1. The normalized spacial score (nSPS) is 17.5. The molecule has 10 heteroatoms. The molecule has 0 bridgehead atoms. The molecule has 1 saturated heterocycles. The Labute approximate surface area is 230 Å². The van der Waals surface area contributed by atoms with Crippen LogP contribution in [-0.4, -0.2) is 78.3 Å². The van der Waals surface area contributed by atoms with Crippen molar-refractivity contribution >= 4 is 17.5 Å². The molecule has 0 N–H and O–H groups in total. The van der Waals surface area contributed by atoms with E-state index in [1.807, 2.05) is 0 Å². The Morgan fingerprint density at radius 3 is 2.40 bits per heavy atom. The number of carbonyl (C=O) groups is 2. The van der Waals surface area contributed by atoms with Crippen molar-refractivity contribution in [1.82, 2.24) is 14.8 Å². The highest BCUT2D eigenvalue weighted by Crippen LogP contribution is 2.34. The third-order valence-electron chi connectivity index (χ3n) is 7.08. The number of morpholine rings is 1. The van der Waals surface area contributed by atoms with Crippen LogP contribution in [0.4, 0.5) is 13.2 Å². The van der Waals surface area contributed by atoms with Crippen LogP contribution >= 0.6 is 0 Å². The Bertz CT molecular complexity index is 1390. The standard InChI is InChI=1S/C30H29F3N4O3/c31-23-10-8-21(9-11-23)27-19-28(25-6-1-2-7-26(25)33)37(34-27)29(38)20-36(13-12-35-14-16-40-17-15-35)30(39)22-4-3-5-24(32)18-22/h1-11,18,28H,12-17,19-20H2/t28-/m1/s1. The molecular weight excluding hydrogens is 521 g/mol. The first-order chi connectivity index (χ1) is 19.4. The lowest BCUT2D eigenvalue weighted by molar-refractivity contribution is -0.133. The molecule has 2 amide bonds. The van der Waals surface area contributed by atoms with Gasteiger partial charge in [-0.1, -0.05) is 36.4 Å². The predicted molar refractivity (Wildman–Crippen MR) is 143 cm³/mol. The molecular formula is C30H29F3N4O3. The quantitative estimate of drug-likeness (QED) is 0.421. The summed E-state index contributed by atoms with van der Waals surface area (Å²) >= 11 is 0. The lowest BCUT2D eigenvalue weighted by Crippen LogP contribution is -2.46. The third kappa shape index (κ3) is 6.40. The summed E-state index contributed by atoms with van der Waals surface area (Å²) in [6.45, 7) is 2.92. The maximum Gasteiger partial charge on any atom is 0.262 e. The maximum atomic E-state index is 14.9. The summed E-state index contributed by atoms with van der Waals surface area (Å²) in [4.78, 5) is 30.7. The first-order valence-corrected chi connectivity index (χ1v) is 13.1. The molecule has 5 rings (SSSR count). The van der Waals surface area contributed by atoms with Gasteiger partial charge in [0.05, 0.1) is 25.0 Å². The summed E-state index contributed by atoms with van der Waals surface area (Å²) in [6.07, 6.45) is 0.212. The second-order valence-corrected chi connectivity index (χ2v) is 9.72. The molecule has 2 aliphatic heterocycles. The van der Waals surface area contributed by atoms with Crippen molar-refractivity contribution in [2.24, 2.45) is 5.10 Å². The first-order valence-electron chi connectivity index (χ1n) is 13.1. The second-order valence-electron chi connectivity index (χ2n) is 9.72. The van der Waals surface area contributed by atoms with Crippen LogP contribution in [-0.2, 0) is 9.53 Å². The zero-order valence-electron chi connectivity index (χ0n) is 21.8. The average Bonchev–Trinajstić information content (AvgIpc) is 3.41. The Morgan fingerprint density at radius 1 is 0.925 bits per heavy atom. The van der Waals surface area contributed by atoms with Gasteiger partial charge in [0, 0.05) is 43.7 Å². The molecule has 0 aromatic heterocycles. The van der Waals surface area contributed by atoms with Crippen molar-refractivity contribution in [3.05, 3.63) is 107 Å². The van der Waals surface area contributed by atoms with Gasteiger partial charge in [-0.15, -0.1) is 0 Å². The molecule has 0 saturated carbocycles. The van der Waals surface area contributed by atoms with Gasteiger partial charge in [0.15, 0.2) is 0 Å². The Morgan fingerprint density at radius 2 is 1.68 bits per heavy atom. The Hall–Kier alpha value is -4.02. The minimum absolute atomic E-state index is 0.123. The van der Waals surface area contributed by atoms with Crippen molar-refractivity contribution in [1.29, 1.82) is 0 Å². The smallest absolute Gasteiger partial charge is 0.262 e. The highest BCUT2D eigenvalue weighted by Gasteiger charge is 2.36. The number of amides is 2. The fourth-order valence-corrected chi connectivity index (χ4v) is 4.92. The van der Waals surface area contributed by atoms with Gasteiger partial charge in [-0.25, -0.2) is 18.2 Å². The summed E-state index contributed by atoms with van der Waals surface area (Å²) in [5, 5.41) is 5.73. The van der Waals surface area contributed by atoms with E-state index >= 15 is 0 Å². The lowest BCUT2D eigenvalue weighted by atomic mass is 9.98. The van der Waals surface area contributed by atoms with Crippen molar-refractivity contribution in [2.45, 2.75) is 12.5 Å². The number of carbonyl (C=O) groups excluding carboxylic acids is 2. The van der Waals surface area contributed by atoms with Gasteiger partial charge in [0.2, 0.25) is 0 Å². The molecule has 1 fully saturated rings. The highest BCUT2D eigenvalue weighted by molar-refractivity contribution is 6.03. The van der Waals surface area contributed by atoms with Crippen LogP contribution in [0.2, 0.25) is 0 Å². The number of hydrazone groups is 1. The molecule has 2 aliphatic rings. The maximum absolute atomic E-state index is 14.9. The Kier molecular flexibility index (Phi) is 8.57. The van der Waals surface area contributed by atoms with E-state index in [0.29, 0.717) is 44.1 Å². The van der Waals surface area contributed by atoms with E-state index in [1.54, 1.807) is 30.3 Å². The van der Waals surface area contributed by atoms with E-state index < -0.39 is 35.3 Å². The number of hydrogen-bond donors (Lipinski definition) is 0. The first kappa shape index (κ1) is 27.5. The summed E-state index contributed by atoms with van der Waals surface area (Å²) in [5.74, 6) is -2.46. The summed E-state index contributed by atoms with van der Waals surface area (Å²) in [6, 6.07) is 16.4. The van der Waals surface area contributed by atoms with Gasteiger partial charge >= 0.3 is 0 Å². The number of rotatable bonds is 8. The van der Waals surface area contributed by atoms with E-state index in [-0.39, 0.29) is 30.6 Å². The number of halogens is 3. The number of benzene rings is 3. The van der Waals surface area contributed by atoms with Gasteiger partial charge in [0.1, 0.15) is 24.0 Å². The lowest BCUT2D eigenvalue weighted by Gasteiger charge is -2.31. The molecule has 2 heterocycles. The van der Waals surface area contributed by atoms with E-state index in [0.717, 1.165) is 6.07 Å². The fourth-order valence-electron chi connectivity index (χ4n) is 4.92. The van der Waals surface area contributed by atoms with Gasteiger partial charge in [-0.05, 0) is 42.0 Å².